The van der Waals surface area contributed by atoms with E-state index in [1.165, 1.54) is 7.05 Å². The molecule has 7 heteroatoms. The number of benzene rings is 1. The highest BCUT2D eigenvalue weighted by Gasteiger charge is 2.26. The molecule has 0 aliphatic heterocycles. The molecule has 0 saturated heterocycles. The Morgan fingerprint density at radius 1 is 1.32 bits per heavy atom. The van der Waals surface area contributed by atoms with E-state index in [1.54, 1.807) is 45.0 Å². The molecule has 0 bridgehead atoms. The fourth-order valence-electron chi connectivity index (χ4n) is 1.54. The number of para-hydroxylation sites is 1. The fourth-order valence-corrected chi connectivity index (χ4v) is 3.04. The van der Waals surface area contributed by atoms with Crippen LogP contribution in [0.1, 0.15) is 26.3 Å². The average molecular weight is 301 g/mol. The lowest BCUT2D eigenvalue weighted by Crippen LogP contribution is -2.48. The summed E-state index contributed by atoms with van der Waals surface area (Å²) in [5, 5.41) is 0. The molecule has 19 heavy (non-hydrogen) atoms. The van der Waals surface area contributed by atoms with E-state index >= 15 is 0 Å². The van der Waals surface area contributed by atoms with E-state index in [1.807, 2.05) is 0 Å². The molecule has 0 fully saturated rings. The standard InChI is InChI=1S/C12H19N3O2S2/c1-12(2,3)14-19(16,17)15(4)10-8-6-5-7-9(10)11(13)18/h5-8,14H,1-4H3,(H2,13,18). The molecule has 5 nitrogen and oxygen atoms in total. The smallest absolute Gasteiger partial charge is 0.301 e. The average Bonchev–Trinajstić information content (AvgIpc) is 2.24. The quantitative estimate of drug-likeness (QED) is 0.824. The van der Waals surface area contributed by atoms with Gasteiger partial charge < -0.3 is 5.73 Å². The maximum Gasteiger partial charge on any atom is 0.301 e. The van der Waals surface area contributed by atoms with E-state index in [2.05, 4.69) is 4.72 Å². The lowest BCUT2D eigenvalue weighted by molar-refractivity contribution is 0.490. The summed E-state index contributed by atoms with van der Waals surface area (Å²) in [5.74, 6) is 0. The van der Waals surface area contributed by atoms with Gasteiger partial charge in [-0.1, -0.05) is 24.4 Å². The Bertz CT molecular complexity index is 577. The highest BCUT2D eigenvalue weighted by Crippen LogP contribution is 2.21. The lowest BCUT2D eigenvalue weighted by Gasteiger charge is -2.27. The third-order valence-corrected chi connectivity index (χ3v) is 4.31. The van der Waals surface area contributed by atoms with E-state index in [0.717, 1.165) is 4.31 Å². The van der Waals surface area contributed by atoms with E-state index < -0.39 is 15.7 Å². The van der Waals surface area contributed by atoms with E-state index in [9.17, 15) is 8.42 Å². The monoisotopic (exact) mass is 301 g/mol. The molecule has 0 aliphatic rings. The van der Waals surface area contributed by atoms with Crippen LogP contribution in [-0.4, -0.2) is 26.0 Å². The first-order chi connectivity index (χ1) is 8.54. The molecule has 1 rings (SSSR count). The van der Waals surface area contributed by atoms with Crippen molar-refractivity contribution < 1.29 is 8.42 Å². The third kappa shape index (κ3) is 4.15. The van der Waals surface area contributed by atoms with Gasteiger partial charge in [0.15, 0.2) is 0 Å². The van der Waals surface area contributed by atoms with Crippen molar-refractivity contribution >= 4 is 33.1 Å². The highest BCUT2D eigenvalue weighted by molar-refractivity contribution is 7.90. The Hall–Kier alpha value is -1.18. The molecule has 1 aromatic carbocycles. The molecule has 0 aromatic heterocycles. The zero-order valence-electron chi connectivity index (χ0n) is 11.5. The summed E-state index contributed by atoms with van der Waals surface area (Å²) in [6.45, 7) is 5.33. The predicted molar refractivity (Wildman–Crippen MR) is 82.5 cm³/mol. The molecule has 0 heterocycles. The number of rotatable bonds is 4. The molecule has 0 radical (unpaired) electrons. The number of thiocarbonyl (C=S) groups is 1. The fraction of sp³-hybridized carbons (Fsp3) is 0.417. The molecule has 0 saturated carbocycles. The lowest BCUT2D eigenvalue weighted by atomic mass is 10.1. The molecule has 106 valence electrons. The summed E-state index contributed by atoms with van der Waals surface area (Å²) in [6.07, 6.45) is 0. The first-order valence-corrected chi connectivity index (χ1v) is 7.56. The molecular formula is C12H19N3O2S2. The van der Waals surface area contributed by atoms with Crippen molar-refractivity contribution in [3.8, 4) is 0 Å². The van der Waals surface area contributed by atoms with Crippen LogP contribution >= 0.6 is 12.2 Å². The zero-order chi connectivity index (χ0) is 14.8. The maximum absolute atomic E-state index is 12.3. The predicted octanol–water partition coefficient (Wildman–Crippen LogP) is 1.39. The van der Waals surface area contributed by atoms with Gasteiger partial charge in [0.1, 0.15) is 4.99 Å². The van der Waals surface area contributed by atoms with Crippen LogP contribution in [-0.2, 0) is 10.2 Å². The van der Waals surface area contributed by atoms with Gasteiger partial charge in [0.05, 0.1) is 5.69 Å². The minimum Gasteiger partial charge on any atom is -0.389 e. The summed E-state index contributed by atoms with van der Waals surface area (Å²) in [7, 11) is -2.20. The Balaban J connectivity index is 3.21. The van der Waals surface area contributed by atoms with Crippen LogP contribution in [0.5, 0.6) is 0 Å². The minimum atomic E-state index is -3.66. The second-order valence-corrected chi connectivity index (χ2v) is 7.35. The summed E-state index contributed by atoms with van der Waals surface area (Å²) in [6, 6.07) is 6.85. The Labute approximate surface area is 120 Å². The first-order valence-electron chi connectivity index (χ1n) is 5.71. The molecule has 0 atom stereocenters. The van der Waals surface area contributed by atoms with Gasteiger partial charge in [-0.2, -0.15) is 13.1 Å². The summed E-state index contributed by atoms with van der Waals surface area (Å²) in [5.41, 5.74) is 6.03. The highest BCUT2D eigenvalue weighted by atomic mass is 32.2. The second-order valence-electron chi connectivity index (χ2n) is 5.21. The van der Waals surface area contributed by atoms with Crippen LogP contribution in [0.3, 0.4) is 0 Å². The third-order valence-electron chi connectivity index (χ3n) is 2.30. The molecule has 0 aliphatic carbocycles. The SMILES string of the molecule is CN(c1ccccc1C(N)=S)S(=O)(=O)NC(C)(C)C. The Kier molecular flexibility index (Phi) is 4.54. The molecule has 0 unspecified atom stereocenters. The van der Waals surface area contributed by atoms with E-state index in [0.29, 0.717) is 11.3 Å². The van der Waals surface area contributed by atoms with Crippen molar-refractivity contribution in [3.05, 3.63) is 29.8 Å². The number of hydrogen-bond acceptors (Lipinski definition) is 3. The van der Waals surface area contributed by atoms with Crippen LogP contribution in [0.25, 0.3) is 0 Å². The van der Waals surface area contributed by atoms with E-state index in [-0.39, 0.29) is 4.99 Å². The van der Waals surface area contributed by atoms with Crippen LogP contribution in [0.4, 0.5) is 5.69 Å². The zero-order valence-corrected chi connectivity index (χ0v) is 13.1. The van der Waals surface area contributed by atoms with Crippen molar-refractivity contribution in [2.75, 3.05) is 11.4 Å². The van der Waals surface area contributed by atoms with Gasteiger partial charge in [0.2, 0.25) is 0 Å². The number of hydrogen-bond donors (Lipinski definition) is 2. The van der Waals surface area contributed by atoms with Crippen LogP contribution < -0.4 is 14.8 Å². The molecule has 0 amide bonds. The second kappa shape index (κ2) is 5.44. The summed E-state index contributed by atoms with van der Waals surface area (Å²) >= 11 is 4.94. The number of nitrogens with zero attached hydrogens (tertiary/aromatic N) is 1. The van der Waals surface area contributed by atoms with Crippen LogP contribution in [0.15, 0.2) is 24.3 Å². The van der Waals surface area contributed by atoms with Gasteiger partial charge in [0, 0.05) is 18.2 Å². The number of nitrogens with two attached hydrogens (primary N) is 1. The van der Waals surface area contributed by atoms with Gasteiger partial charge in [-0.15, -0.1) is 0 Å². The Morgan fingerprint density at radius 3 is 2.32 bits per heavy atom. The molecule has 1 aromatic rings. The molecule has 0 spiro atoms. The van der Waals surface area contributed by atoms with Crippen molar-refractivity contribution in [1.29, 1.82) is 0 Å². The topological polar surface area (TPSA) is 75.4 Å². The Morgan fingerprint density at radius 2 is 1.84 bits per heavy atom. The van der Waals surface area contributed by atoms with Gasteiger partial charge in [0.25, 0.3) is 0 Å². The minimum absolute atomic E-state index is 0.161. The summed E-state index contributed by atoms with van der Waals surface area (Å²) in [4.78, 5) is 0.161. The number of nitrogens with one attached hydrogen (secondary N) is 1. The first kappa shape index (κ1) is 15.9. The van der Waals surface area contributed by atoms with Gasteiger partial charge in [-0.05, 0) is 32.9 Å². The van der Waals surface area contributed by atoms with Crippen LogP contribution in [0, 0.1) is 0 Å². The van der Waals surface area contributed by atoms with Crippen molar-refractivity contribution in [2.24, 2.45) is 5.73 Å². The van der Waals surface area contributed by atoms with Gasteiger partial charge in [-0.25, -0.2) is 0 Å². The van der Waals surface area contributed by atoms with Crippen molar-refractivity contribution in [1.82, 2.24) is 4.72 Å². The van der Waals surface area contributed by atoms with Crippen molar-refractivity contribution in [3.63, 3.8) is 0 Å². The van der Waals surface area contributed by atoms with Crippen molar-refractivity contribution in [2.45, 2.75) is 26.3 Å². The van der Waals surface area contributed by atoms with Gasteiger partial charge in [-0.3, -0.25) is 4.31 Å². The molecular weight excluding hydrogens is 282 g/mol. The van der Waals surface area contributed by atoms with Gasteiger partial charge >= 0.3 is 10.2 Å². The largest absolute Gasteiger partial charge is 0.389 e. The number of anilines is 1. The normalized spacial score (nSPS) is 12.2. The maximum atomic E-state index is 12.3. The van der Waals surface area contributed by atoms with Crippen LogP contribution in [0.2, 0.25) is 0 Å². The molecule has 3 N–H and O–H groups in total. The van der Waals surface area contributed by atoms with E-state index in [4.69, 9.17) is 18.0 Å². The summed E-state index contributed by atoms with van der Waals surface area (Å²) < 4.78 is 28.2.